The number of anilines is 1. The highest BCUT2D eigenvalue weighted by molar-refractivity contribution is 7.84. The van der Waals surface area contributed by atoms with Crippen LogP contribution >= 0.6 is 0 Å². The Morgan fingerprint density at radius 2 is 1.95 bits per heavy atom. The third-order valence-corrected chi connectivity index (χ3v) is 4.47. The number of rotatable bonds is 4. The van der Waals surface area contributed by atoms with Crippen LogP contribution in [-0.4, -0.2) is 15.4 Å². The first-order valence-corrected chi connectivity index (χ1v) is 8.71. The normalized spacial score (nSPS) is 12.3. The number of pyridine rings is 1. The van der Waals surface area contributed by atoms with E-state index in [2.05, 4.69) is 34.6 Å². The second-order valence-corrected chi connectivity index (χ2v) is 6.69. The van der Waals surface area contributed by atoms with Crippen LogP contribution < -0.4 is 5.32 Å². The summed E-state index contributed by atoms with van der Waals surface area (Å²) < 4.78 is 11.5. The quantitative estimate of drug-likeness (QED) is 0.795. The highest BCUT2D eigenvalue weighted by Gasteiger charge is 2.01. The topological polar surface area (TPSA) is 42.0 Å². The molecule has 0 aliphatic carbocycles. The maximum Gasteiger partial charge on any atom is 0.0705 e. The van der Waals surface area contributed by atoms with Gasteiger partial charge < -0.3 is 5.32 Å². The lowest BCUT2D eigenvalue weighted by Crippen LogP contribution is -2.00. The number of nitrogens with zero attached hydrogens (tertiary/aromatic N) is 1. The number of aryl methyl sites for hydroxylation is 1. The van der Waals surface area contributed by atoms with Gasteiger partial charge in [-0.2, -0.15) is 0 Å². The molecule has 1 N–H and O–H groups in total. The van der Waals surface area contributed by atoms with Crippen molar-refractivity contribution in [1.29, 1.82) is 0 Å². The Balaban J connectivity index is 1.77. The van der Waals surface area contributed by atoms with Crippen LogP contribution in [0.5, 0.6) is 0 Å². The fourth-order valence-electron chi connectivity index (χ4n) is 2.38. The monoisotopic (exact) mass is 310 g/mol. The number of fused-ring (bicyclic) bond motifs is 1. The molecule has 0 spiro atoms. The van der Waals surface area contributed by atoms with Gasteiger partial charge in [0.1, 0.15) is 0 Å². The molecule has 2 aromatic carbocycles. The van der Waals surface area contributed by atoms with Crippen molar-refractivity contribution in [2.24, 2.45) is 0 Å². The number of benzene rings is 2. The lowest BCUT2D eigenvalue weighted by molar-refractivity contribution is 0.687. The van der Waals surface area contributed by atoms with Gasteiger partial charge in [-0.15, -0.1) is 0 Å². The molecular weight excluding hydrogens is 292 g/mol. The predicted molar refractivity (Wildman–Crippen MR) is 92.6 cm³/mol. The van der Waals surface area contributed by atoms with Crippen molar-refractivity contribution in [3.05, 3.63) is 65.9 Å². The molecule has 3 rings (SSSR count). The van der Waals surface area contributed by atoms with Crippen LogP contribution in [0.4, 0.5) is 5.69 Å². The van der Waals surface area contributed by atoms with E-state index < -0.39 is 10.8 Å². The van der Waals surface area contributed by atoms with Gasteiger partial charge in [0.15, 0.2) is 0 Å². The van der Waals surface area contributed by atoms with Crippen molar-refractivity contribution in [3.8, 4) is 0 Å². The molecule has 0 unspecified atom stereocenters. The molecule has 22 heavy (non-hydrogen) atoms. The standard InChI is InChI=1S/C18H18N2OS/c1-13-6-8-15-10-14(7-9-18(15)20-13)12-19-16-4-3-5-17(11-16)22(2)21/h3-11,19H,12H2,1-2H3/t22-/m0/s1. The number of hydrogen-bond acceptors (Lipinski definition) is 3. The zero-order chi connectivity index (χ0) is 15.5. The molecule has 0 radical (unpaired) electrons. The minimum atomic E-state index is -0.956. The first kappa shape index (κ1) is 14.7. The van der Waals surface area contributed by atoms with Gasteiger partial charge in [0.05, 0.1) is 5.52 Å². The molecule has 3 nitrogen and oxygen atoms in total. The van der Waals surface area contributed by atoms with Crippen LogP contribution in [0.25, 0.3) is 10.9 Å². The molecule has 1 atom stereocenters. The highest BCUT2D eigenvalue weighted by atomic mass is 32.2. The summed E-state index contributed by atoms with van der Waals surface area (Å²) in [6.45, 7) is 2.73. The van der Waals surface area contributed by atoms with E-state index in [1.165, 1.54) is 5.56 Å². The molecule has 0 aliphatic rings. The van der Waals surface area contributed by atoms with Crippen molar-refractivity contribution >= 4 is 27.4 Å². The Bertz CT molecular complexity index is 845. The third-order valence-electron chi connectivity index (χ3n) is 3.56. The van der Waals surface area contributed by atoms with E-state index in [4.69, 9.17) is 0 Å². The average molecular weight is 310 g/mol. The molecule has 0 fully saturated rings. The van der Waals surface area contributed by atoms with Crippen molar-refractivity contribution in [2.75, 3.05) is 11.6 Å². The lowest BCUT2D eigenvalue weighted by atomic mass is 10.1. The molecule has 4 heteroatoms. The smallest absolute Gasteiger partial charge is 0.0705 e. The van der Waals surface area contributed by atoms with E-state index in [1.54, 1.807) is 6.26 Å². The van der Waals surface area contributed by atoms with Gasteiger partial charge in [0.2, 0.25) is 0 Å². The third kappa shape index (κ3) is 3.34. The number of aromatic nitrogens is 1. The van der Waals surface area contributed by atoms with E-state index in [-0.39, 0.29) is 0 Å². The summed E-state index contributed by atoms with van der Waals surface area (Å²) in [4.78, 5) is 5.35. The molecular formula is C18H18N2OS. The SMILES string of the molecule is Cc1ccc2cc(CNc3cccc([S@](C)=O)c3)ccc2n1. The Hall–Kier alpha value is -2.20. The van der Waals surface area contributed by atoms with E-state index in [1.807, 2.05) is 37.3 Å². The molecule has 0 saturated heterocycles. The molecule has 0 amide bonds. The summed E-state index contributed by atoms with van der Waals surface area (Å²) >= 11 is 0. The van der Waals surface area contributed by atoms with Gasteiger partial charge in [-0.1, -0.05) is 18.2 Å². The average Bonchev–Trinajstić information content (AvgIpc) is 2.53. The summed E-state index contributed by atoms with van der Waals surface area (Å²) in [7, 11) is -0.956. The molecule has 1 aromatic heterocycles. The fourth-order valence-corrected chi connectivity index (χ4v) is 2.94. The molecule has 3 aromatic rings. The second kappa shape index (κ2) is 6.28. The largest absolute Gasteiger partial charge is 0.381 e. The van der Waals surface area contributed by atoms with Gasteiger partial charge in [0.25, 0.3) is 0 Å². The van der Waals surface area contributed by atoms with Gasteiger partial charge in [0, 0.05) is 45.3 Å². The van der Waals surface area contributed by atoms with E-state index >= 15 is 0 Å². The van der Waals surface area contributed by atoms with Crippen LogP contribution in [0.3, 0.4) is 0 Å². The first-order chi connectivity index (χ1) is 10.6. The van der Waals surface area contributed by atoms with Gasteiger partial charge >= 0.3 is 0 Å². The molecule has 112 valence electrons. The minimum Gasteiger partial charge on any atom is -0.381 e. The van der Waals surface area contributed by atoms with Gasteiger partial charge in [-0.05, 0) is 48.9 Å². The molecule has 0 bridgehead atoms. The zero-order valence-electron chi connectivity index (χ0n) is 12.7. The summed E-state index contributed by atoms with van der Waals surface area (Å²) in [5.41, 5.74) is 4.23. The van der Waals surface area contributed by atoms with Crippen LogP contribution in [0.1, 0.15) is 11.3 Å². The maximum absolute atomic E-state index is 11.5. The van der Waals surface area contributed by atoms with E-state index in [9.17, 15) is 4.21 Å². The maximum atomic E-state index is 11.5. The zero-order valence-corrected chi connectivity index (χ0v) is 13.5. The lowest BCUT2D eigenvalue weighted by Gasteiger charge is -2.09. The highest BCUT2D eigenvalue weighted by Crippen LogP contribution is 2.17. The second-order valence-electron chi connectivity index (χ2n) is 5.32. The predicted octanol–water partition coefficient (Wildman–Crippen LogP) is 3.89. The first-order valence-electron chi connectivity index (χ1n) is 7.15. The van der Waals surface area contributed by atoms with Crippen LogP contribution in [-0.2, 0) is 17.3 Å². The molecule has 1 heterocycles. The van der Waals surface area contributed by atoms with E-state index in [0.29, 0.717) is 0 Å². The summed E-state index contributed by atoms with van der Waals surface area (Å²) in [5.74, 6) is 0. The minimum absolute atomic E-state index is 0.726. The summed E-state index contributed by atoms with van der Waals surface area (Å²) in [5, 5.41) is 4.52. The van der Waals surface area contributed by atoms with Gasteiger partial charge in [-0.25, -0.2) is 0 Å². The fraction of sp³-hybridized carbons (Fsp3) is 0.167. The van der Waals surface area contributed by atoms with Crippen molar-refractivity contribution < 1.29 is 4.21 Å². The summed E-state index contributed by atoms with van der Waals surface area (Å²) in [6, 6.07) is 18.1. The van der Waals surface area contributed by atoms with Crippen LogP contribution in [0.2, 0.25) is 0 Å². The van der Waals surface area contributed by atoms with Crippen LogP contribution in [0, 0.1) is 6.92 Å². The van der Waals surface area contributed by atoms with E-state index in [0.717, 1.165) is 33.7 Å². The van der Waals surface area contributed by atoms with Crippen molar-refractivity contribution in [2.45, 2.75) is 18.4 Å². The Kier molecular flexibility index (Phi) is 4.20. The van der Waals surface area contributed by atoms with Gasteiger partial charge in [-0.3, -0.25) is 9.19 Å². The van der Waals surface area contributed by atoms with Crippen molar-refractivity contribution in [1.82, 2.24) is 4.98 Å². The Labute approximate surface area is 132 Å². The molecule has 0 aliphatic heterocycles. The van der Waals surface area contributed by atoms with Crippen molar-refractivity contribution in [3.63, 3.8) is 0 Å². The Morgan fingerprint density at radius 1 is 1.09 bits per heavy atom. The summed E-state index contributed by atoms with van der Waals surface area (Å²) in [6.07, 6.45) is 1.69. The Morgan fingerprint density at radius 3 is 2.77 bits per heavy atom. The molecule has 0 saturated carbocycles. The number of nitrogens with one attached hydrogen (secondary N) is 1. The van der Waals surface area contributed by atoms with Crippen LogP contribution in [0.15, 0.2) is 59.5 Å². The number of hydrogen-bond donors (Lipinski definition) is 1.